The fourth-order valence-corrected chi connectivity index (χ4v) is 0.880. The van der Waals surface area contributed by atoms with Gasteiger partial charge >= 0.3 is 18.0 Å². The van der Waals surface area contributed by atoms with Crippen LogP contribution >= 0.6 is 0 Å². The molecule has 0 bridgehead atoms. The first-order valence-corrected chi connectivity index (χ1v) is 4.29. The van der Waals surface area contributed by atoms with Crippen molar-refractivity contribution in [2.24, 2.45) is 0 Å². The summed E-state index contributed by atoms with van der Waals surface area (Å²) in [6, 6.07) is 0. The Bertz CT molecular complexity index is 456. The normalized spacial score (nSPS) is 11.6. The van der Waals surface area contributed by atoms with Crippen LogP contribution in [0, 0.1) is 10.1 Å². The molecule has 0 radical (unpaired) electrons. The number of halogens is 4. The van der Waals surface area contributed by atoms with Gasteiger partial charge in [-0.15, -0.1) is 0 Å². The van der Waals surface area contributed by atoms with Gasteiger partial charge in [-0.05, 0) is 0 Å². The Hall–Kier alpha value is -2.20. The predicted molar refractivity (Wildman–Crippen MR) is 49.5 cm³/mol. The summed E-state index contributed by atoms with van der Waals surface area (Å²) in [4.78, 5) is 15.9. The van der Waals surface area contributed by atoms with E-state index in [1.165, 1.54) is 0 Å². The molecule has 0 unspecified atom stereocenters. The maximum Gasteiger partial charge on any atom is 0.372 e. The maximum atomic E-state index is 12.5. The lowest BCUT2D eigenvalue weighted by Crippen LogP contribution is -2.34. The number of alkyl halides is 4. The molecule has 0 aliphatic carbocycles. The number of nitro groups is 1. The Morgan fingerprint density at radius 1 is 1.50 bits per heavy atom. The van der Waals surface area contributed by atoms with Crippen LogP contribution in [0.4, 0.5) is 29.1 Å². The molecule has 0 aromatic carbocycles. The molecule has 2 N–H and O–H groups in total. The van der Waals surface area contributed by atoms with Crippen molar-refractivity contribution in [1.82, 2.24) is 9.97 Å². The van der Waals surface area contributed by atoms with E-state index in [0.717, 1.165) is 6.33 Å². The summed E-state index contributed by atoms with van der Waals surface area (Å²) in [6.07, 6.45) is -3.24. The van der Waals surface area contributed by atoms with Crippen molar-refractivity contribution in [2.45, 2.75) is 12.3 Å². The Morgan fingerprint density at radius 3 is 2.61 bits per heavy atom. The standard InChI is InChI=1S/C7H6F4N4O3/c8-6(9)7(10,11)1-18-5-3(15(16)17)4(12)13-2-14-5/h2,6H,1H2,(H2,12,13,14). The number of nitrogens with zero attached hydrogens (tertiary/aromatic N) is 3. The molecule has 18 heavy (non-hydrogen) atoms. The van der Waals surface area contributed by atoms with Crippen LogP contribution in [0.3, 0.4) is 0 Å². The summed E-state index contributed by atoms with van der Waals surface area (Å²) in [7, 11) is 0. The molecule has 1 aromatic rings. The molecule has 100 valence electrons. The van der Waals surface area contributed by atoms with Gasteiger partial charge in [0.1, 0.15) is 6.33 Å². The van der Waals surface area contributed by atoms with E-state index in [1.807, 2.05) is 0 Å². The monoisotopic (exact) mass is 270 g/mol. The molecular weight excluding hydrogens is 264 g/mol. The van der Waals surface area contributed by atoms with Crippen molar-refractivity contribution in [2.75, 3.05) is 12.3 Å². The van der Waals surface area contributed by atoms with Crippen LogP contribution in [0.2, 0.25) is 0 Å². The molecule has 0 aliphatic rings. The molecular formula is C7H6F4N4O3. The molecule has 0 fully saturated rings. The van der Waals surface area contributed by atoms with Crippen LogP contribution in [0.5, 0.6) is 5.88 Å². The average molecular weight is 270 g/mol. The van der Waals surface area contributed by atoms with E-state index >= 15 is 0 Å². The first kappa shape index (κ1) is 13.9. The quantitative estimate of drug-likeness (QED) is 0.490. The third-order valence-corrected chi connectivity index (χ3v) is 1.72. The average Bonchev–Trinajstić information content (AvgIpc) is 2.25. The van der Waals surface area contributed by atoms with Crippen molar-refractivity contribution in [3.63, 3.8) is 0 Å². The summed E-state index contributed by atoms with van der Waals surface area (Å²) in [5.41, 5.74) is 4.16. The second-order valence-electron chi connectivity index (χ2n) is 3.02. The number of hydrogen-bond donors (Lipinski definition) is 1. The molecule has 0 amide bonds. The summed E-state index contributed by atoms with van der Waals surface area (Å²) in [6.45, 7) is -1.76. The van der Waals surface area contributed by atoms with Gasteiger partial charge in [0.25, 0.3) is 5.88 Å². The Kier molecular flexibility index (Phi) is 3.83. The number of rotatable bonds is 5. The molecule has 1 aromatic heterocycles. The smallest absolute Gasteiger partial charge is 0.372 e. The zero-order valence-electron chi connectivity index (χ0n) is 8.52. The van der Waals surface area contributed by atoms with Crippen molar-refractivity contribution < 1.29 is 27.2 Å². The largest absolute Gasteiger partial charge is 0.466 e. The summed E-state index contributed by atoms with van der Waals surface area (Å²) >= 11 is 0. The Labute approximate surface area is 96.7 Å². The van der Waals surface area contributed by atoms with Gasteiger partial charge in [0.05, 0.1) is 4.92 Å². The first-order chi connectivity index (χ1) is 8.25. The van der Waals surface area contributed by atoms with E-state index in [-0.39, 0.29) is 0 Å². The molecule has 1 rings (SSSR count). The molecule has 0 saturated heterocycles. The number of aromatic nitrogens is 2. The second-order valence-corrected chi connectivity index (χ2v) is 3.02. The maximum absolute atomic E-state index is 12.5. The molecule has 0 atom stereocenters. The second kappa shape index (κ2) is 4.98. The van der Waals surface area contributed by atoms with E-state index in [4.69, 9.17) is 5.73 Å². The van der Waals surface area contributed by atoms with Crippen molar-refractivity contribution in [1.29, 1.82) is 0 Å². The summed E-state index contributed by atoms with van der Waals surface area (Å²) < 4.78 is 53.0. The van der Waals surface area contributed by atoms with E-state index < -0.39 is 41.3 Å². The number of hydrogen-bond acceptors (Lipinski definition) is 6. The SMILES string of the molecule is Nc1ncnc(OCC(F)(F)C(F)F)c1[N+](=O)[O-]. The highest BCUT2D eigenvalue weighted by Gasteiger charge is 2.42. The first-order valence-electron chi connectivity index (χ1n) is 4.29. The van der Waals surface area contributed by atoms with Crippen LogP contribution in [-0.2, 0) is 0 Å². The van der Waals surface area contributed by atoms with Gasteiger partial charge in [-0.3, -0.25) is 10.1 Å². The minimum atomic E-state index is -4.45. The Balaban J connectivity index is 2.92. The minimum Gasteiger partial charge on any atom is -0.466 e. The topological polar surface area (TPSA) is 104 Å². The fourth-order valence-electron chi connectivity index (χ4n) is 0.880. The molecule has 0 saturated carbocycles. The zero-order valence-corrected chi connectivity index (χ0v) is 8.52. The van der Waals surface area contributed by atoms with E-state index in [0.29, 0.717) is 0 Å². The van der Waals surface area contributed by atoms with E-state index in [9.17, 15) is 27.7 Å². The molecule has 7 nitrogen and oxygen atoms in total. The predicted octanol–water partition coefficient (Wildman–Crippen LogP) is 1.25. The summed E-state index contributed by atoms with van der Waals surface area (Å²) in [5, 5.41) is 10.5. The van der Waals surface area contributed by atoms with Crippen molar-refractivity contribution in [3.05, 3.63) is 16.4 Å². The number of nitrogens with two attached hydrogens (primary N) is 1. The molecule has 11 heteroatoms. The lowest BCUT2D eigenvalue weighted by molar-refractivity contribution is -0.385. The lowest BCUT2D eigenvalue weighted by Gasteiger charge is -2.15. The van der Waals surface area contributed by atoms with Crippen LogP contribution in [0.1, 0.15) is 0 Å². The van der Waals surface area contributed by atoms with Gasteiger partial charge in [-0.1, -0.05) is 0 Å². The minimum absolute atomic E-state index is 0.620. The lowest BCUT2D eigenvalue weighted by atomic mass is 10.4. The van der Waals surface area contributed by atoms with Crippen molar-refractivity contribution >= 4 is 11.5 Å². The van der Waals surface area contributed by atoms with Gasteiger partial charge in [-0.2, -0.15) is 13.8 Å². The van der Waals surface area contributed by atoms with Crippen molar-refractivity contribution in [3.8, 4) is 5.88 Å². The highest BCUT2D eigenvalue weighted by Crippen LogP contribution is 2.30. The number of nitrogen functional groups attached to an aromatic ring is 1. The van der Waals surface area contributed by atoms with Gasteiger partial charge in [-0.25, -0.2) is 13.8 Å². The molecule has 1 heterocycles. The zero-order chi connectivity index (χ0) is 13.9. The van der Waals surface area contributed by atoms with Gasteiger partial charge < -0.3 is 10.5 Å². The van der Waals surface area contributed by atoms with Gasteiger partial charge in [0, 0.05) is 0 Å². The van der Waals surface area contributed by atoms with E-state index in [2.05, 4.69) is 14.7 Å². The van der Waals surface area contributed by atoms with Crippen LogP contribution in [0.25, 0.3) is 0 Å². The summed E-state index contributed by atoms with van der Waals surface area (Å²) in [5.74, 6) is -5.97. The van der Waals surface area contributed by atoms with Crippen LogP contribution in [-0.4, -0.2) is 33.8 Å². The number of ether oxygens (including phenoxy) is 1. The van der Waals surface area contributed by atoms with Gasteiger partial charge in [0.2, 0.25) is 5.82 Å². The highest BCUT2D eigenvalue weighted by atomic mass is 19.3. The third-order valence-electron chi connectivity index (χ3n) is 1.72. The van der Waals surface area contributed by atoms with Gasteiger partial charge in [0.15, 0.2) is 6.61 Å². The third kappa shape index (κ3) is 2.93. The molecule has 0 spiro atoms. The van der Waals surface area contributed by atoms with Crippen LogP contribution < -0.4 is 10.5 Å². The highest BCUT2D eigenvalue weighted by molar-refractivity contribution is 5.57. The Morgan fingerprint density at radius 2 is 2.11 bits per heavy atom. The van der Waals surface area contributed by atoms with Crippen LogP contribution in [0.15, 0.2) is 6.33 Å². The van der Waals surface area contributed by atoms with E-state index in [1.54, 1.807) is 0 Å². The fraction of sp³-hybridized carbons (Fsp3) is 0.429. The molecule has 0 aliphatic heterocycles. The number of anilines is 1.